The molecule has 1 rings (SSSR count). The van der Waals surface area contributed by atoms with Crippen molar-refractivity contribution in [2.24, 2.45) is 0 Å². The van der Waals surface area contributed by atoms with Crippen molar-refractivity contribution in [3.63, 3.8) is 0 Å². The van der Waals surface area contributed by atoms with Crippen LogP contribution in [0.3, 0.4) is 0 Å². The predicted octanol–water partition coefficient (Wildman–Crippen LogP) is -4.57. The van der Waals surface area contributed by atoms with Crippen LogP contribution >= 0.6 is 7.82 Å². The molecule has 0 heterocycles. The monoisotopic (exact) mass is 724 g/mol. The lowest BCUT2D eigenvalue weighted by atomic mass is 9.85. The number of rotatable bonds is 31. The summed E-state index contributed by atoms with van der Waals surface area (Å²) in [7, 11) is -5.59. The van der Waals surface area contributed by atoms with E-state index >= 15 is 0 Å². The van der Waals surface area contributed by atoms with E-state index in [1.165, 1.54) is 0 Å². The van der Waals surface area contributed by atoms with Crippen LogP contribution in [-0.4, -0.2) is 72.7 Å². The van der Waals surface area contributed by atoms with Gasteiger partial charge in [-0.25, -0.2) is 15.1 Å². The molecule has 7 atom stereocenters. The smallest absolute Gasteiger partial charge is 0.387 e. The van der Waals surface area contributed by atoms with E-state index < -0.39 is 44.4 Å². The molecule has 0 aromatic rings. The van der Waals surface area contributed by atoms with Gasteiger partial charge in [0.2, 0.25) is 0 Å². The molecule has 0 aromatic heterocycles. The zero-order chi connectivity index (χ0) is 33.2. The molecular formula is C6H13O38P. The molecule has 0 saturated heterocycles. The maximum atomic E-state index is 12.6. The minimum Gasteiger partial charge on any atom is -0.387 e. The molecule has 1 aliphatic rings. The molecule has 0 amide bonds. The Bertz CT molecular complexity index is 690. The molecule has 7 N–H and O–H groups in total. The van der Waals surface area contributed by atoms with Crippen LogP contribution < -0.4 is 0 Å². The van der Waals surface area contributed by atoms with Crippen LogP contribution in [0.15, 0.2) is 0 Å². The first-order valence-electron chi connectivity index (χ1n) is 9.12. The van der Waals surface area contributed by atoms with Gasteiger partial charge in [0.25, 0.3) is 0 Å². The number of phosphoric acid groups is 1. The molecule has 1 saturated carbocycles. The van der Waals surface area contributed by atoms with Crippen molar-refractivity contribution in [1.29, 1.82) is 0 Å². The number of aliphatic hydroxyl groups excluding tert-OH is 5. The van der Waals surface area contributed by atoms with Gasteiger partial charge >= 0.3 is 7.82 Å². The first-order chi connectivity index (χ1) is 21.8. The maximum absolute atomic E-state index is 12.6. The van der Waals surface area contributed by atoms with E-state index in [2.05, 4.69) is 150 Å². The Morgan fingerprint density at radius 1 is 0.333 bits per heavy atom. The lowest BCUT2D eigenvalue weighted by molar-refractivity contribution is -0.882. The van der Waals surface area contributed by atoms with E-state index in [0.29, 0.717) is 0 Å². The normalized spacial score (nSPS) is 25.0. The second kappa shape index (κ2) is 26.8. The number of hydrogen-bond acceptors (Lipinski definition) is 38. The second-order valence-corrected chi connectivity index (χ2v) is 6.87. The quantitative estimate of drug-likeness (QED) is 0.0153. The highest BCUT2D eigenvalue weighted by Gasteiger charge is 2.52. The van der Waals surface area contributed by atoms with Gasteiger partial charge in [-0.1, -0.05) is 9.35 Å². The standard InChI is InChI=1S/C6H13O38P/c7-1-2(8)4(10)6(5(11)3(1)9)15-45(14,43-41-39-37-35-33-31-29-27-25-23-21-19-17-13)44-42-40-38-36-34-32-30-28-26-24-22-20-18-16-12/h1-13H/t1?,2-,3?,4?,5+,6?,45?/m0/s1. The Balaban J connectivity index is 2.37. The molecule has 38 nitrogen and oxygen atoms in total. The summed E-state index contributed by atoms with van der Waals surface area (Å²) in [5.74, 6) is 0. The summed E-state index contributed by atoms with van der Waals surface area (Å²) in [6, 6.07) is 0. The fraction of sp³-hybridized carbons (Fsp3) is 1.00. The van der Waals surface area contributed by atoms with Gasteiger partial charge < -0.3 is 25.5 Å². The summed E-state index contributed by atoms with van der Waals surface area (Å²) in [5, 5.41) is 157. The van der Waals surface area contributed by atoms with E-state index in [4.69, 9.17) is 10.5 Å². The van der Waals surface area contributed by atoms with Crippen LogP contribution in [0.1, 0.15) is 0 Å². The first kappa shape index (κ1) is 41.8. The molecular weight excluding hydrogens is 711 g/mol. The number of aliphatic hydroxyl groups is 5. The summed E-state index contributed by atoms with van der Waals surface area (Å²) in [6.07, 6.45) is -13.5. The van der Waals surface area contributed by atoms with Crippen LogP contribution in [0.4, 0.5) is 0 Å². The second-order valence-electron chi connectivity index (χ2n) is 5.47. The predicted molar refractivity (Wildman–Crippen MR) is 79.2 cm³/mol. The van der Waals surface area contributed by atoms with Crippen molar-refractivity contribution in [2.75, 3.05) is 0 Å². The summed E-state index contributed by atoms with van der Waals surface area (Å²) >= 11 is 0. The highest BCUT2D eigenvalue weighted by Crippen LogP contribution is 2.52. The van der Waals surface area contributed by atoms with Crippen LogP contribution in [0.25, 0.3) is 0 Å². The van der Waals surface area contributed by atoms with Crippen molar-refractivity contribution in [3.8, 4) is 0 Å². The van der Waals surface area contributed by atoms with Gasteiger partial charge in [-0.3, -0.25) is 4.52 Å². The Kier molecular flexibility index (Phi) is 24.9. The van der Waals surface area contributed by atoms with Crippen LogP contribution in [0.5, 0.6) is 0 Å². The van der Waals surface area contributed by atoms with E-state index in [1.807, 2.05) is 0 Å². The third kappa shape index (κ3) is 19.2. The van der Waals surface area contributed by atoms with Gasteiger partial charge in [0.15, 0.2) is 0 Å². The van der Waals surface area contributed by atoms with E-state index in [9.17, 15) is 30.1 Å². The topological polar surface area (TPSA) is 436 Å². The van der Waals surface area contributed by atoms with Gasteiger partial charge in [-0.05, 0) is 136 Å². The SMILES string of the molecule is O=P(OOOOOOOOOOOOOOO)(OOOOOOOOOOOOOOOO)OC1C(O)[C@@H](O)C(O)C(O)[C@H]1O. The molecule has 0 aliphatic heterocycles. The molecule has 45 heavy (non-hydrogen) atoms. The largest absolute Gasteiger partial charge is 0.534 e. The van der Waals surface area contributed by atoms with Crippen molar-refractivity contribution < 1.29 is 191 Å². The van der Waals surface area contributed by atoms with E-state index in [0.717, 1.165) is 0 Å². The third-order valence-corrected chi connectivity index (χ3v) is 4.26. The molecule has 0 spiro atoms. The van der Waals surface area contributed by atoms with Crippen LogP contribution in [0.2, 0.25) is 0 Å². The van der Waals surface area contributed by atoms with Gasteiger partial charge in [0, 0.05) is 0 Å². The first-order valence-corrected chi connectivity index (χ1v) is 10.6. The Labute approximate surface area is 236 Å². The van der Waals surface area contributed by atoms with Crippen molar-refractivity contribution in [1.82, 2.24) is 0 Å². The van der Waals surface area contributed by atoms with E-state index in [1.54, 1.807) is 0 Å². The van der Waals surface area contributed by atoms with Crippen molar-refractivity contribution in [2.45, 2.75) is 36.6 Å². The minimum atomic E-state index is -5.59. The molecule has 1 aliphatic carbocycles. The van der Waals surface area contributed by atoms with Gasteiger partial charge in [-0.2, -0.15) is 0 Å². The zero-order valence-corrected chi connectivity index (χ0v) is 20.6. The van der Waals surface area contributed by atoms with Gasteiger partial charge in [0.05, 0.1) is 0 Å². The summed E-state index contributed by atoms with van der Waals surface area (Å²) < 4.78 is 25.1. The molecule has 0 radical (unpaired) electrons. The Morgan fingerprint density at radius 3 is 0.822 bits per heavy atom. The summed E-state index contributed by atoms with van der Waals surface area (Å²) in [4.78, 5) is 0. The Hall–Kier alpha value is -1.25. The van der Waals surface area contributed by atoms with Crippen LogP contribution in [0, 0.1) is 0 Å². The Morgan fingerprint density at radius 2 is 0.556 bits per heavy atom. The van der Waals surface area contributed by atoms with E-state index in [-0.39, 0.29) is 0 Å². The summed E-state index contributed by atoms with van der Waals surface area (Å²) in [5.41, 5.74) is 0. The molecule has 39 heteroatoms. The molecule has 5 unspecified atom stereocenters. The number of hydrogen-bond donors (Lipinski definition) is 7. The minimum absolute atomic E-state index is 2.12. The molecule has 1 fully saturated rings. The van der Waals surface area contributed by atoms with Gasteiger partial charge in [-0.15, -0.1) is 0 Å². The zero-order valence-electron chi connectivity index (χ0n) is 19.7. The fourth-order valence-corrected chi connectivity index (χ4v) is 2.72. The molecule has 0 bridgehead atoms. The molecule has 270 valence electrons. The summed E-state index contributed by atoms with van der Waals surface area (Å²) in [6.45, 7) is 0. The maximum Gasteiger partial charge on any atom is 0.534 e. The highest BCUT2D eigenvalue weighted by atomic mass is 31.2. The lowest BCUT2D eigenvalue weighted by Gasteiger charge is -2.41. The fourth-order valence-electron chi connectivity index (χ4n) is 1.88. The van der Waals surface area contributed by atoms with Crippen LogP contribution in [-0.2, 0) is 154 Å². The average Bonchev–Trinajstić information content (AvgIpc) is 3.03. The van der Waals surface area contributed by atoms with Gasteiger partial charge in [0.1, 0.15) is 36.6 Å². The van der Waals surface area contributed by atoms with Crippen molar-refractivity contribution >= 4 is 7.82 Å². The third-order valence-electron chi connectivity index (χ3n) is 3.27. The lowest BCUT2D eigenvalue weighted by Crippen LogP contribution is -2.64. The van der Waals surface area contributed by atoms with Crippen molar-refractivity contribution in [3.05, 3.63) is 0 Å². The highest BCUT2D eigenvalue weighted by molar-refractivity contribution is 7.48. The molecule has 0 aromatic carbocycles. The average molecular weight is 724 g/mol.